The predicted molar refractivity (Wildman–Crippen MR) is 83.2 cm³/mol. The lowest BCUT2D eigenvalue weighted by Crippen LogP contribution is -2.21. The van der Waals surface area contributed by atoms with Crippen molar-refractivity contribution in [2.75, 3.05) is 0 Å². The van der Waals surface area contributed by atoms with E-state index in [4.69, 9.17) is 0 Å². The van der Waals surface area contributed by atoms with Gasteiger partial charge in [-0.25, -0.2) is 9.37 Å². The van der Waals surface area contributed by atoms with Gasteiger partial charge in [0.25, 0.3) is 0 Å². The van der Waals surface area contributed by atoms with Crippen LogP contribution in [-0.2, 0) is 4.79 Å². The van der Waals surface area contributed by atoms with Crippen LogP contribution < -0.4 is 5.22 Å². The van der Waals surface area contributed by atoms with E-state index in [1.54, 1.807) is 24.7 Å². The Kier molecular flexibility index (Phi) is 3.32. The fraction of sp³-hybridized carbons (Fsp3) is 0.444. The van der Waals surface area contributed by atoms with Crippen LogP contribution in [0.4, 0.5) is 4.39 Å². The van der Waals surface area contributed by atoms with Gasteiger partial charge in [-0.1, -0.05) is 31.4 Å². The van der Waals surface area contributed by atoms with E-state index in [1.807, 2.05) is 10.5 Å². The van der Waals surface area contributed by atoms with Gasteiger partial charge in [-0.2, -0.15) is 0 Å². The fourth-order valence-electron chi connectivity index (χ4n) is 4.13. The molecule has 0 aromatic carbocycles. The molecule has 2 atom stereocenters. The number of aromatic nitrogens is 2. The zero-order valence-corrected chi connectivity index (χ0v) is 12.4. The third-order valence-corrected chi connectivity index (χ3v) is 5.18. The summed E-state index contributed by atoms with van der Waals surface area (Å²) >= 11 is 0. The van der Waals surface area contributed by atoms with E-state index in [0.29, 0.717) is 11.5 Å². The first kappa shape index (κ1) is 13.7. The Morgan fingerprint density at radius 1 is 1.32 bits per heavy atom. The molecule has 0 saturated heterocycles. The third kappa shape index (κ3) is 1.93. The maximum atomic E-state index is 14.6. The zero-order chi connectivity index (χ0) is 15.1. The van der Waals surface area contributed by atoms with Crippen LogP contribution in [0.25, 0.3) is 11.6 Å². The van der Waals surface area contributed by atoms with Crippen LogP contribution in [0.15, 0.2) is 24.7 Å². The first-order chi connectivity index (χ1) is 10.8. The van der Waals surface area contributed by atoms with Gasteiger partial charge in [-0.15, -0.1) is 0 Å². The van der Waals surface area contributed by atoms with Crippen LogP contribution in [0.1, 0.15) is 55.5 Å². The number of halogens is 1. The third-order valence-electron chi connectivity index (χ3n) is 5.18. The molecule has 0 radical (unpaired) electrons. The number of fused-ring (bicyclic) bond motifs is 3. The summed E-state index contributed by atoms with van der Waals surface area (Å²) in [5.74, 6) is 0.0837. The minimum atomic E-state index is -1.14. The number of imidazole rings is 1. The maximum absolute atomic E-state index is 14.6. The van der Waals surface area contributed by atoms with E-state index in [2.05, 4.69) is 4.98 Å². The lowest BCUT2D eigenvalue weighted by atomic mass is 9.78. The summed E-state index contributed by atoms with van der Waals surface area (Å²) in [5, 5.41) is 0.880. The Morgan fingerprint density at radius 3 is 2.91 bits per heavy atom. The number of aldehydes is 1. The molecule has 2 aromatic heterocycles. The minimum absolute atomic E-state index is 0.237. The molecule has 0 spiro atoms. The van der Waals surface area contributed by atoms with E-state index in [-0.39, 0.29) is 5.92 Å². The monoisotopic (exact) mass is 298 g/mol. The van der Waals surface area contributed by atoms with Gasteiger partial charge in [-0.3, -0.25) is 0 Å². The Labute approximate surface area is 128 Å². The topological polar surface area (TPSA) is 34.4 Å². The van der Waals surface area contributed by atoms with E-state index >= 15 is 0 Å². The van der Waals surface area contributed by atoms with Crippen LogP contribution in [0.5, 0.6) is 0 Å². The van der Waals surface area contributed by atoms with Crippen molar-refractivity contribution in [1.29, 1.82) is 0 Å². The molecule has 0 amide bonds. The van der Waals surface area contributed by atoms with Gasteiger partial charge in [0.15, 0.2) is 0 Å². The molecule has 1 fully saturated rings. The van der Waals surface area contributed by atoms with Gasteiger partial charge in [-0.05, 0) is 24.8 Å². The maximum Gasteiger partial charge on any atom is 0.146 e. The summed E-state index contributed by atoms with van der Waals surface area (Å²) in [6, 6.07) is 0. The van der Waals surface area contributed by atoms with E-state index in [0.717, 1.165) is 48.4 Å². The van der Waals surface area contributed by atoms with Crippen LogP contribution in [0.2, 0.25) is 0 Å². The van der Waals surface area contributed by atoms with Crippen molar-refractivity contribution in [2.24, 2.45) is 5.92 Å². The average molecular weight is 298 g/mol. The molecule has 2 heterocycles. The highest BCUT2D eigenvalue weighted by Crippen LogP contribution is 2.38. The van der Waals surface area contributed by atoms with E-state index in [9.17, 15) is 9.18 Å². The Bertz CT molecular complexity index is 786. The van der Waals surface area contributed by atoms with Gasteiger partial charge in [0, 0.05) is 16.5 Å². The lowest BCUT2D eigenvalue weighted by Gasteiger charge is -2.27. The zero-order valence-electron chi connectivity index (χ0n) is 12.4. The Balaban J connectivity index is 1.92. The van der Waals surface area contributed by atoms with Crippen molar-refractivity contribution in [2.45, 2.75) is 44.2 Å². The minimum Gasteiger partial charge on any atom is -0.303 e. The number of nitrogens with zero attached hydrogens (tertiary/aromatic N) is 2. The molecule has 0 bridgehead atoms. The second-order valence-corrected chi connectivity index (χ2v) is 6.37. The molecule has 1 saturated carbocycles. The number of alkyl halides is 1. The van der Waals surface area contributed by atoms with Gasteiger partial charge in [0.2, 0.25) is 0 Å². The van der Waals surface area contributed by atoms with Crippen molar-refractivity contribution < 1.29 is 9.18 Å². The lowest BCUT2D eigenvalue weighted by molar-refractivity contribution is -0.110. The Hall–Kier alpha value is -1.97. The number of carbonyl (C=O) groups excluding carboxylic acids is 1. The van der Waals surface area contributed by atoms with Crippen molar-refractivity contribution in [1.82, 2.24) is 9.38 Å². The smallest absolute Gasteiger partial charge is 0.146 e. The number of hydrogen-bond donors (Lipinski definition) is 0. The molecule has 114 valence electrons. The van der Waals surface area contributed by atoms with Crippen molar-refractivity contribution >= 4 is 17.9 Å². The standard InChI is InChI=1S/C18H19FN2O/c19-15-8-4-7-13-16-9-20-11-21(16)18(17(13)15)14(10-22)12-5-2-1-3-6-12/h4,7-12,14-15H,1-3,5-6H2. The second kappa shape index (κ2) is 5.34. The predicted octanol–water partition coefficient (Wildman–Crippen LogP) is 3.28. The second-order valence-electron chi connectivity index (χ2n) is 6.37. The molecule has 2 aliphatic rings. The summed E-state index contributed by atoms with van der Waals surface area (Å²) in [6.45, 7) is 0. The van der Waals surface area contributed by atoms with Crippen LogP contribution in [0.3, 0.4) is 0 Å². The normalized spacial score (nSPS) is 23.2. The van der Waals surface area contributed by atoms with Gasteiger partial charge in [0.05, 0.1) is 24.0 Å². The molecule has 2 aliphatic carbocycles. The molecule has 3 nitrogen and oxygen atoms in total. The first-order valence-corrected chi connectivity index (χ1v) is 8.06. The number of allylic oxidation sites excluding steroid dienone is 2. The van der Waals surface area contributed by atoms with Crippen LogP contribution in [0, 0.1) is 5.92 Å². The molecule has 22 heavy (non-hydrogen) atoms. The van der Waals surface area contributed by atoms with E-state index < -0.39 is 6.17 Å². The SMILES string of the molecule is O=CC(c1c2c(c3cncn13)=CC=CC2F)C1CCCCC1. The highest BCUT2D eigenvalue weighted by Gasteiger charge is 2.32. The summed E-state index contributed by atoms with van der Waals surface area (Å²) < 4.78 is 16.5. The molecule has 4 heteroatoms. The number of hydrogen-bond acceptors (Lipinski definition) is 2. The molecule has 0 N–H and O–H groups in total. The Morgan fingerprint density at radius 2 is 2.14 bits per heavy atom. The largest absolute Gasteiger partial charge is 0.303 e. The molecule has 2 aromatic rings. The quantitative estimate of drug-likeness (QED) is 0.815. The van der Waals surface area contributed by atoms with Crippen molar-refractivity contribution in [3.05, 3.63) is 41.2 Å². The van der Waals surface area contributed by atoms with E-state index in [1.165, 1.54) is 6.42 Å². The average Bonchev–Trinajstić information content (AvgIpc) is 3.12. The van der Waals surface area contributed by atoms with Crippen LogP contribution in [-0.4, -0.2) is 15.7 Å². The highest BCUT2D eigenvalue weighted by atomic mass is 19.1. The molecular formula is C18H19FN2O. The molecular weight excluding hydrogens is 279 g/mol. The van der Waals surface area contributed by atoms with Crippen LogP contribution >= 0.6 is 0 Å². The number of carbonyl (C=O) groups is 1. The summed E-state index contributed by atoms with van der Waals surface area (Å²) in [4.78, 5) is 16.1. The van der Waals surface area contributed by atoms with Crippen molar-refractivity contribution in [3.8, 4) is 0 Å². The highest BCUT2D eigenvalue weighted by molar-refractivity contribution is 5.70. The number of rotatable bonds is 3. The molecule has 4 rings (SSSR count). The summed E-state index contributed by atoms with van der Waals surface area (Å²) in [5.41, 5.74) is 2.39. The van der Waals surface area contributed by atoms with Gasteiger partial charge < -0.3 is 9.20 Å². The first-order valence-electron chi connectivity index (χ1n) is 8.06. The fourth-order valence-corrected chi connectivity index (χ4v) is 4.13. The summed E-state index contributed by atoms with van der Waals surface area (Å²) in [7, 11) is 0. The van der Waals surface area contributed by atoms with Gasteiger partial charge >= 0.3 is 0 Å². The molecule has 0 aliphatic heterocycles. The van der Waals surface area contributed by atoms with Gasteiger partial charge in [0.1, 0.15) is 12.5 Å². The summed E-state index contributed by atoms with van der Waals surface area (Å²) in [6.07, 6.45) is 14.3. The van der Waals surface area contributed by atoms with Crippen molar-refractivity contribution in [3.63, 3.8) is 0 Å². The molecule has 2 unspecified atom stereocenters.